The summed E-state index contributed by atoms with van der Waals surface area (Å²) in [6, 6.07) is 12.2. The molecule has 3 aliphatic rings. The third-order valence-corrected chi connectivity index (χ3v) is 7.92. The Morgan fingerprint density at radius 2 is 1.10 bits per heavy atom. The zero-order valence-electron chi connectivity index (χ0n) is 18.7. The number of ether oxygens (including phenoxy) is 4. The second-order valence-corrected chi connectivity index (χ2v) is 9.24. The van der Waals surface area contributed by atoms with Gasteiger partial charge in [-0.1, -0.05) is 18.6 Å². The molecule has 0 aromatic heterocycles. The molecule has 0 aliphatic heterocycles. The lowest BCUT2D eigenvalue weighted by Gasteiger charge is -2.30. The molecular weight excluding hydrogens is 392 g/mol. The molecule has 5 heteroatoms. The molecule has 3 fully saturated rings. The molecule has 2 spiro atoms. The van der Waals surface area contributed by atoms with Crippen molar-refractivity contribution in [2.24, 2.45) is 10.8 Å². The van der Waals surface area contributed by atoms with Crippen molar-refractivity contribution in [3.05, 3.63) is 47.5 Å². The van der Waals surface area contributed by atoms with Gasteiger partial charge < -0.3 is 18.9 Å². The summed E-state index contributed by atoms with van der Waals surface area (Å²) in [7, 11) is 6.60. The highest BCUT2D eigenvalue weighted by molar-refractivity contribution is 5.98. The number of benzene rings is 2. The first kappa shape index (κ1) is 20.2. The van der Waals surface area contributed by atoms with E-state index < -0.39 is 0 Å². The van der Waals surface area contributed by atoms with Gasteiger partial charge >= 0.3 is 0 Å². The number of carbonyl (C=O) groups is 1. The third-order valence-electron chi connectivity index (χ3n) is 7.92. The fourth-order valence-corrected chi connectivity index (χ4v) is 6.12. The van der Waals surface area contributed by atoms with Crippen LogP contribution < -0.4 is 18.9 Å². The van der Waals surface area contributed by atoms with E-state index >= 15 is 0 Å². The Labute approximate surface area is 183 Å². The Morgan fingerprint density at radius 1 is 0.677 bits per heavy atom. The molecule has 5 nitrogen and oxygen atoms in total. The molecule has 3 saturated carbocycles. The van der Waals surface area contributed by atoms with E-state index in [1.165, 1.54) is 11.1 Å². The second-order valence-electron chi connectivity index (χ2n) is 9.24. The maximum atomic E-state index is 13.9. The zero-order chi connectivity index (χ0) is 21.8. The van der Waals surface area contributed by atoms with Crippen LogP contribution in [0.25, 0.3) is 0 Å². The number of ketones is 1. The molecule has 0 radical (unpaired) electrons. The van der Waals surface area contributed by atoms with Gasteiger partial charge in [-0.15, -0.1) is 0 Å². The van der Waals surface area contributed by atoms with Crippen LogP contribution in [-0.4, -0.2) is 34.2 Å². The SMILES string of the molecule is COc1ccc([C@H]2C[C@]23CCC[C@]2(C[C@H]2c2ccc(OC)c(OC)c2)C3=O)cc1OC. The van der Waals surface area contributed by atoms with Crippen molar-refractivity contribution in [3.8, 4) is 23.0 Å². The number of hydrogen-bond acceptors (Lipinski definition) is 5. The van der Waals surface area contributed by atoms with Crippen LogP contribution in [0.3, 0.4) is 0 Å². The van der Waals surface area contributed by atoms with E-state index in [1.807, 2.05) is 24.3 Å². The highest BCUT2D eigenvalue weighted by atomic mass is 16.5. The number of Topliss-reactive ketones (excluding diaryl/α,β-unsaturated/α-hetero) is 1. The molecule has 2 aromatic rings. The van der Waals surface area contributed by atoms with Gasteiger partial charge in [-0.3, -0.25) is 4.79 Å². The van der Waals surface area contributed by atoms with E-state index in [9.17, 15) is 4.79 Å². The predicted octanol–water partition coefficient (Wildman–Crippen LogP) is 5.12. The van der Waals surface area contributed by atoms with Crippen molar-refractivity contribution in [1.29, 1.82) is 0 Å². The number of rotatable bonds is 6. The molecule has 0 saturated heterocycles. The summed E-state index contributed by atoms with van der Waals surface area (Å²) >= 11 is 0. The van der Waals surface area contributed by atoms with Gasteiger partial charge in [0.15, 0.2) is 23.0 Å². The molecule has 5 rings (SSSR count). The van der Waals surface area contributed by atoms with Crippen molar-refractivity contribution in [3.63, 3.8) is 0 Å². The van der Waals surface area contributed by atoms with Crippen LogP contribution >= 0.6 is 0 Å². The Bertz CT molecular complexity index is 951. The monoisotopic (exact) mass is 422 g/mol. The van der Waals surface area contributed by atoms with Crippen LogP contribution in [0.1, 0.15) is 55.1 Å². The first-order valence-electron chi connectivity index (χ1n) is 11.0. The quantitative estimate of drug-likeness (QED) is 0.647. The lowest BCUT2D eigenvalue weighted by molar-refractivity contribution is -0.132. The van der Waals surface area contributed by atoms with Gasteiger partial charge in [0.2, 0.25) is 0 Å². The van der Waals surface area contributed by atoms with Crippen molar-refractivity contribution in [2.75, 3.05) is 28.4 Å². The van der Waals surface area contributed by atoms with Gasteiger partial charge in [-0.25, -0.2) is 0 Å². The fourth-order valence-electron chi connectivity index (χ4n) is 6.12. The Balaban J connectivity index is 1.40. The molecule has 4 atom stereocenters. The largest absolute Gasteiger partial charge is 0.493 e. The van der Waals surface area contributed by atoms with Crippen molar-refractivity contribution in [1.82, 2.24) is 0 Å². The summed E-state index contributed by atoms with van der Waals surface area (Å²) in [4.78, 5) is 13.9. The highest BCUT2D eigenvalue weighted by Crippen LogP contribution is 2.75. The first-order chi connectivity index (χ1) is 15.0. The van der Waals surface area contributed by atoms with Gasteiger partial charge in [0.25, 0.3) is 0 Å². The Kier molecular flexibility index (Phi) is 4.68. The molecule has 164 valence electrons. The van der Waals surface area contributed by atoms with E-state index in [1.54, 1.807) is 28.4 Å². The lowest BCUT2D eigenvalue weighted by Crippen LogP contribution is -2.33. The van der Waals surface area contributed by atoms with E-state index in [0.29, 0.717) is 5.78 Å². The summed E-state index contributed by atoms with van der Waals surface area (Å²) in [5.41, 5.74) is 1.96. The molecule has 0 heterocycles. The van der Waals surface area contributed by atoms with E-state index in [-0.39, 0.29) is 22.7 Å². The molecule has 0 amide bonds. The van der Waals surface area contributed by atoms with Gasteiger partial charge in [0.05, 0.1) is 28.4 Å². The smallest absolute Gasteiger partial charge is 0.160 e. The lowest BCUT2D eigenvalue weighted by atomic mass is 9.72. The van der Waals surface area contributed by atoms with Crippen molar-refractivity contribution < 1.29 is 23.7 Å². The van der Waals surface area contributed by atoms with Gasteiger partial charge in [-0.05, 0) is 72.9 Å². The molecule has 31 heavy (non-hydrogen) atoms. The van der Waals surface area contributed by atoms with Gasteiger partial charge in [0.1, 0.15) is 5.78 Å². The van der Waals surface area contributed by atoms with Gasteiger partial charge in [-0.2, -0.15) is 0 Å². The van der Waals surface area contributed by atoms with Crippen LogP contribution in [0.2, 0.25) is 0 Å². The first-order valence-corrected chi connectivity index (χ1v) is 11.0. The Hall–Kier alpha value is -2.69. The van der Waals surface area contributed by atoms with Crippen LogP contribution in [-0.2, 0) is 4.79 Å². The van der Waals surface area contributed by atoms with Crippen LogP contribution in [0, 0.1) is 10.8 Å². The summed E-state index contributed by atoms with van der Waals surface area (Å²) in [6.07, 6.45) is 4.99. The molecule has 2 aromatic carbocycles. The summed E-state index contributed by atoms with van der Waals surface area (Å²) in [5, 5.41) is 0. The zero-order valence-corrected chi connectivity index (χ0v) is 18.7. The summed E-state index contributed by atoms with van der Waals surface area (Å²) < 4.78 is 21.7. The van der Waals surface area contributed by atoms with E-state index in [2.05, 4.69) is 12.1 Å². The topological polar surface area (TPSA) is 54.0 Å². The average Bonchev–Trinajstić information content (AvgIpc) is 3.72. The molecule has 3 aliphatic carbocycles. The molecular formula is C26H30O5. The van der Waals surface area contributed by atoms with Gasteiger partial charge in [0, 0.05) is 10.8 Å². The normalized spacial score (nSPS) is 30.9. The standard InChI is InChI=1S/C26H30O5/c1-28-20-8-6-16(12-22(20)30-3)18-14-25(18)10-5-11-26(24(25)27)15-19(26)17-7-9-21(29-2)23(13-17)31-4/h6-9,12-13,18-19H,5,10-11,14-15H2,1-4H3/t18-,19+,25-,26-/m1/s1. The average molecular weight is 423 g/mol. The molecule has 0 unspecified atom stereocenters. The highest BCUT2D eigenvalue weighted by Gasteiger charge is 2.72. The number of hydrogen-bond donors (Lipinski definition) is 0. The fraction of sp³-hybridized carbons (Fsp3) is 0.500. The predicted molar refractivity (Wildman–Crippen MR) is 118 cm³/mol. The molecule has 0 bridgehead atoms. The summed E-state index contributed by atoms with van der Waals surface area (Å²) in [5.74, 6) is 3.95. The van der Waals surface area contributed by atoms with Crippen LogP contribution in [0.15, 0.2) is 36.4 Å². The number of methoxy groups -OCH3 is 4. The number of carbonyl (C=O) groups excluding carboxylic acids is 1. The molecule has 0 N–H and O–H groups in total. The maximum Gasteiger partial charge on any atom is 0.160 e. The minimum Gasteiger partial charge on any atom is -0.493 e. The van der Waals surface area contributed by atoms with Crippen molar-refractivity contribution in [2.45, 2.75) is 43.9 Å². The van der Waals surface area contributed by atoms with Crippen LogP contribution in [0.5, 0.6) is 23.0 Å². The van der Waals surface area contributed by atoms with E-state index in [0.717, 1.165) is 55.1 Å². The summed E-state index contributed by atoms with van der Waals surface area (Å²) in [6.45, 7) is 0. The van der Waals surface area contributed by atoms with Crippen molar-refractivity contribution >= 4 is 5.78 Å². The van der Waals surface area contributed by atoms with E-state index in [4.69, 9.17) is 18.9 Å². The van der Waals surface area contributed by atoms with Crippen LogP contribution in [0.4, 0.5) is 0 Å². The maximum absolute atomic E-state index is 13.9. The minimum absolute atomic E-state index is 0.205. The minimum atomic E-state index is -0.205. The second kappa shape index (κ2) is 7.18. The third kappa shape index (κ3) is 2.93. The Morgan fingerprint density at radius 3 is 1.48 bits per heavy atom.